The monoisotopic (exact) mass is 449 g/mol. The van der Waals surface area contributed by atoms with Crippen molar-refractivity contribution >= 4 is 35.0 Å². The summed E-state index contributed by atoms with van der Waals surface area (Å²) in [5.74, 6) is -0.752. The highest BCUT2D eigenvalue weighted by molar-refractivity contribution is 6.35. The lowest BCUT2D eigenvalue weighted by molar-refractivity contribution is -0.145. The SMILES string of the molecule is CCCCCCCCCOC(=O)C1CCn2c1cc(Cl)c2C(=O)c1ccc(Cl)cc1. The molecule has 1 aliphatic heterocycles. The molecule has 0 spiro atoms. The third-order valence-corrected chi connectivity index (χ3v) is 6.22. The van der Waals surface area contributed by atoms with E-state index in [4.69, 9.17) is 27.9 Å². The van der Waals surface area contributed by atoms with Crippen LogP contribution in [0.2, 0.25) is 10.0 Å². The molecule has 1 unspecified atom stereocenters. The normalized spacial score (nSPS) is 15.2. The van der Waals surface area contributed by atoms with Gasteiger partial charge < -0.3 is 9.30 Å². The summed E-state index contributed by atoms with van der Waals surface area (Å²) in [7, 11) is 0. The highest BCUT2D eigenvalue weighted by Gasteiger charge is 2.35. The molecule has 1 aromatic heterocycles. The van der Waals surface area contributed by atoms with Crippen LogP contribution < -0.4 is 0 Å². The zero-order valence-electron chi connectivity index (χ0n) is 17.5. The Balaban J connectivity index is 1.56. The van der Waals surface area contributed by atoms with E-state index in [9.17, 15) is 9.59 Å². The van der Waals surface area contributed by atoms with Crippen molar-refractivity contribution in [1.82, 2.24) is 4.57 Å². The molecular weight excluding hydrogens is 421 g/mol. The van der Waals surface area contributed by atoms with E-state index < -0.39 is 0 Å². The van der Waals surface area contributed by atoms with Gasteiger partial charge in [-0.05, 0) is 43.2 Å². The van der Waals surface area contributed by atoms with Gasteiger partial charge in [-0.2, -0.15) is 0 Å². The summed E-state index contributed by atoms with van der Waals surface area (Å²) in [4.78, 5) is 25.6. The molecule has 2 heterocycles. The summed E-state index contributed by atoms with van der Waals surface area (Å²) in [5.41, 5.74) is 1.71. The number of unbranched alkanes of at least 4 members (excludes halogenated alkanes) is 6. The second-order valence-corrected chi connectivity index (χ2v) is 8.73. The molecule has 2 aromatic rings. The van der Waals surface area contributed by atoms with Crippen molar-refractivity contribution < 1.29 is 14.3 Å². The predicted octanol–water partition coefficient (Wildman–Crippen LogP) is 6.81. The minimum absolute atomic E-state index is 0.167. The second-order valence-electron chi connectivity index (χ2n) is 7.88. The number of ketones is 1. The van der Waals surface area contributed by atoms with E-state index in [0.717, 1.165) is 18.5 Å². The van der Waals surface area contributed by atoms with Gasteiger partial charge in [-0.1, -0.05) is 68.7 Å². The Labute approximate surface area is 188 Å². The van der Waals surface area contributed by atoms with E-state index in [-0.39, 0.29) is 17.7 Å². The van der Waals surface area contributed by atoms with Gasteiger partial charge in [0.1, 0.15) is 5.69 Å². The van der Waals surface area contributed by atoms with Gasteiger partial charge in [-0.15, -0.1) is 0 Å². The van der Waals surface area contributed by atoms with Crippen molar-refractivity contribution in [2.45, 2.75) is 70.8 Å². The maximum absolute atomic E-state index is 12.9. The van der Waals surface area contributed by atoms with Crippen LogP contribution in [0.25, 0.3) is 0 Å². The largest absolute Gasteiger partial charge is 0.465 e. The fourth-order valence-electron chi connectivity index (χ4n) is 4.01. The number of hydrogen-bond donors (Lipinski definition) is 0. The molecule has 0 aliphatic carbocycles. The zero-order chi connectivity index (χ0) is 21.5. The van der Waals surface area contributed by atoms with Crippen molar-refractivity contribution in [3.8, 4) is 0 Å². The first-order valence-electron chi connectivity index (χ1n) is 10.9. The molecule has 4 nitrogen and oxygen atoms in total. The Kier molecular flexibility index (Phi) is 8.41. The second kappa shape index (κ2) is 11.0. The van der Waals surface area contributed by atoms with Gasteiger partial charge >= 0.3 is 5.97 Å². The number of halogens is 2. The molecule has 162 valence electrons. The molecule has 3 rings (SSSR count). The van der Waals surface area contributed by atoms with Crippen LogP contribution in [0, 0.1) is 0 Å². The van der Waals surface area contributed by atoms with Crippen LogP contribution in [-0.4, -0.2) is 22.9 Å². The van der Waals surface area contributed by atoms with E-state index >= 15 is 0 Å². The van der Waals surface area contributed by atoms with Crippen molar-refractivity contribution in [3.63, 3.8) is 0 Å². The average Bonchev–Trinajstić information content (AvgIpc) is 3.27. The summed E-state index contributed by atoms with van der Waals surface area (Å²) < 4.78 is 7.38. The number of hydrogen-bond acceptors (Lipinski definition) is 3. The van der Waals surface area contributed by atoms with Crippen LogP contribution in [0.5, 0.6) is 0 Å². The van der Waals surface area contributed by atoms with Gasteiger partial charge in [0.05, 0.1) is 17.5 Å². The molecule has 0 fully saturated rings. The highest BCUT2D eigenvalue weighted by Crippen LogP contribution is 2.36. The summed E-state index contributed by atoms with van der Waals surface area (Å²) in [6, 6.07) is 8.46. The number of carbonyl (C=O) groups is 2. The number of fused-ring (bicyclic) bond motifs is 1. The minimum atomic E-state index is -0.362. The van der Waals surface area contributed by atoms with Gasteiger partial charge in [-0.3, -0.25) is 9.59 Å². The summed E-state index contributed by atoms with van der Waals surface area (Å²) in [5, 5.41) is 0.941. The van der Waals surface area contributed by atoms with E-state index in [1.165, 1.54) is 32.1 Å². The van der Waals surface area contributed by atoms with Crippen molar-refractivity contribution in [2.24, 2.45) is 0 Å². The van der Waals surface area contributed by atoms with Crippen LogP contribution >= 0.6 is 23.2 Å². The number of ether oxygens (including phenoxy) is 1. The Bertz CT molecular complexity index is 873. The quantitative estimate of drug-likeness (QED) is 0.215. The molecule has 0 saturated carbocycles. The molecule has 0 bridgehead atoms. The first kappa shape index (κ1) is 22.9. The number of carbonyl (C=O) groups excluding carboxylic acids is 2. The van der Waals surface area contributed by atoms with Crippen LogP contribution in [0.4, 0.5) is 0 Å². The molecule has 1 aliphatic rings. The van der Waals surface area contributed by atoms with Crippen LogP contribution in [0.1, 0.15) is 86.0 Å². The fourth-order valence-corrected chi connectivity index (χ4v) is 4.44. The molecule has 0 amide bonds. The molecule has 30 heavy (non-hydrogen) atoms. The zero-order valence-corrected chi connectivity index (χ0v) is 19.0. The predicted molar refractivity (Wildman–Crippen MR) is 121 cm³/mol. The van der Waals surface area contributed by atoms with E-state index in [1.54, 1.807) is 30.3 Å². The van der Waals surface area contributed by atoms with Gasteiger partial charge in [-0.25, -0.2) is 0 Å². The van der Waals surface area contributed by atoms with E-state index in [1.807, 2.05) is 4.57 Å². The lowest BCUT2D eigenvalue weighted by Crippen LogP contribution is -2.14. The smallest absolute Gasteiger partial charge is 0.315 e. The van der Waals surface area contributed by atoms with Gasteiger partial charge in [0, 0.05) is 22.8 Å². The van der Waals surface area contributed by atoms with E-state index in [2.05, 4.69) is 6.92 Å². The lowest BCUT2D eigenvalue weighted by Gasteiger charge is -2.10. The maximum atomic E-state index is 12.9. The highest BCUT2D eigenvalue weighted by atomic mass is 35.5. The Morgan fingerprint density at radius 1 is 1.03 bits per heavy atom. The first-order chi connectivity index (χ1) is 14.5. The molecule has 6 heteroatoms. The van der Waals surface area contributed by atoms with Crippen LogP contribution in [0.3, 0.4) is 0 Å². The third-order valence-electron chi connectivity index (χ3n) is 5.68. The van der Waals surface area contributed by atoms with Gasteiger partial charge in [0.15, 0.2) is 0 Å². The Morgan fingerprint density at radius 3 is 2.40 bits per heavy atom. The molecule has 1 atom stereocenters. The molecular formula is C24H29Cl2NO3. The average molecular weight is 450 g/mol. The fraction of sp³-hybridized carbons (Fsp3) is 0.500. The molecule has 0 N–H and O–H groups in total. The standard InChI is InChI=1S/C24H29Cl2NO3/c1-2-3-4-5-6-7-8-15-30-24(29)19-13-14-27-21(19)16-20(26)22(27)23(28)17-9-11-18(25)12-10-17/h9-12,16,19H,2-8,13-15H2,1H3. The summed E-state index contributed by atoms with van der Waals surface area (Å²) >= 11 is 12.3. The molecule has 0 saturated heterocycles. The molecule has 1 aromatic carbocycles. The van der Waals surface area contributed by atoms with Crippen molar-refractivity contribution in [1.29, 1.82) is 0 Å². The topological polar surface area (TPSA) is 48.3 Å². The van der Waals surface area contributed by atoms with Crippen molar-refractivity contribution in [3.05, 3.63) is 57.3 Å². The van der Waals surface area contributed by atoms with Crippen LogP contribution in [0.15, 0.2) is 30.3 Å². The Hall–Kier alpha value is -1.78. The maximum Gasteiger partial charge on any atom is 0.315 e. The number of esters is 1. The van der Waals surface area contributed by atoms with Gasteiger partial charge in [0.25, 0.3) is 0 Å². The lowest BCUT2D eigenvalue weighted by atomic mass is 10.1. The van der Waals surface area contributed by atoms with Crippen molar-refractivity contribution in [2.75, 3.05) is 6.61 Å². The van der Waals surface area contributed by atoms with E-state index in [0.29, 0.717) is 40.9 Å². The first-order valence-corrected chi connectivity index (χ1v) is 11.6. The number of aromatic nitrogens is 1. The Morgan fingerprint density at radius 2 is 1.70 bits per heavy atom. The summed E-state index contributed by atoms with van der Waals surface area (Å²) in [6.07, 6.45) is 8.88. The van der Waals surface area contributed by atoms with Crippen LogP contribution in [-0.2, 0) is 16.1 Å². The number of benzene rings is 1. The number of nitrogens with zero attached hydrogens (tertiary/aromatic N) is 1. The third kappa shape index (κ3) is 5.47. The summed E-state index contributed by atoms with van der Waals surface area (Å²) in [6.45, 7) is 3.24. The molecule has 0 radical (unpaired) electrons. The van der Waals surface area contributed by atoms with Gasteiger partial charge in [0.2, 0.25) is 5.78 Å². The minimum Gasteiger partial charge on any atom is -0.465 e. The number of rotatable bonds is 11.